The van der Waals surface area contributed by atoms with Gasteiger partial charge in [-0.1, -0.05) is 31.9 Å². The molecule has 0 saturated heterocycles. The lowest BCUT2D eigenvalue weighted by Gasteiger charge is -2.17. The summed E-state index contributed by atoms with van der Waals surface area (Å²) in [5.41, 5.74) is 7.16. The third-order valence-electron chi connectivity index (χ3n) is 3.13. The summed E-state index contributed by atoms with van der Waals surface area (Å²) in [4.78, 5) is 1.00. The van der Waals surface area contributed by atoms with Crippen LogP contribution in [0.25, 0.3) is 0 Å². The summed E-state index contributed by atoms with van der Waals surface area (Å²) in [6.45, 7) is 4.22. The molecule has 0 amide bonds. The van der Waals surface area contributed by atoms with Crippen molar-refractivity contribution in [3.63, 3.8) is 0 Å². The molecule has 0 spiro atoms. The van der Waals surface area contributed by atoms with E-state index in [9.17, 15) is 5.11 Å². The van der Waals surface area contributed by atoms with Crippen molar-refractivity contribution in [1.82, 2.24) is 0 Å². The Kier molecular flexibility index (Phi) is 7.25. The SMILES string of the molecule is CCCCC/C=C\C[C@@H](N)[C@H](O)c1sccc1C. The lowest BCUT2D eigenvalue weighted by molar-refractivity contribution is 0.150. The van der Waals surface area contributed by atoms with Crippen LogP contribution in [0.3, 0.4) is 0 Å². The molecule has 102 valence electrons. The zero-order valence-corrected chi connectivity index (χ0v) is 12.2. The molecule has 1 aromatic heterocycles. The van der Waals surface area contributed by atoms with Crippen LogP contribution in [0.2, 0.25) is 0 Å². The fourth-order valence-electron chi connectivity index (χ4n) is 1.89. The van der Waals surface area contributed by atoms with Gasteiger partial charge in [0.15, 0.2) is 0 Å². The van der Waals surface area contributed by atoms with Crippen LogP contribution in [0.5, 0.6) is 0 Å². The first kappa shape index (κ1) is 15.4. The summed E-state index contributed by atoms with van der Waals surface area (Å²) in [7, 11) is 0. The number of thiophene rings is 1. The van der Waals surface area contributed by atoms with Crippen LogP contribution < -0.4 is 5.73 Å². The minimum atomic E-state index is -0.537. The molecule has 0 fully saturated rings. The average molecular weight is 267 g/mol. The van der Waals surface area contributed by atoms with E-state index >= 15 is 0 Å². The third-order valence-corrected chi connectivity index (χ3v) is 4.21. The van der Waals surface area contributed by atoms with Crippen LogP contribution in [0.15, 0.2) is 23.6 Å². The Balaban J connectivity index is 2.32. The smallest absolute Gasteiger partial charge is 0.104 e. The Morgan fingerprint density at radius 3 is 2.78 bits per heavy atom. The molecular weight excluding hydrogens is 242 g/mol. The zero-order chi connectivity index (χ0) is 13.4. The van der Waals surface area contributed by atoms with Crippen molar-refractivity contribution in [3.8, 4) is 0 Å². The lowest BCUT2D eigenvalue weighted by Crippen LogP contribution is -2.27. The maximum absolute atomic E-state index is 10.2. The van der Waals surface area contributed by atoms with E-state index in [1.54, 1.807) is 11.3 Å². The quantitative estimate of drug-likeness (QED) is 0.553. The summed E-state index contributed by atoms with van der Waals surface area (Å²) in [6, 6.07) is 1.82. The topological polar surface area (TPSA) is 46.2 Å². The summed E-state index contributed by atoms with van der Waals surface area (Å²) in [6.07, 6.45) is 9.40. The summed E-state index contributed by atoms with van der Waals surface area (Å²) in [5.74, 6) is 0. The van der Waals surface area contributed by atoms with E-state index in [2.05, 4.69) is 19.1 Å². The molecule has 0 aliphatic heterocycles. The first-order valence-corrected chi connectivity index (χ1v) is 7.67. The fraction of sp³-hybridized carbons (Fsp3) is 0.600. The number of allylic oxidation sites excluding steroid dienone is 1. The van der Waals surface area contributed by atoms with Gasteiger partial charge in [0.1, 0.15) is 6.10 Å². The van der Waals surface area contributed by atoms with Crippen LogP contribution >= 0.6 is 11.3 Å². The Hall–Kier alpha value is -0.640. The Morgan fingerprint density at radius 2 is 2.17 bits per heavy atom. The van der Waals surface area contributed by atoms with Crippen molar-refractivity contribution in [2.24, 2.45) is 5.73 Å². The first-order valence-electron chi connectivity index (χ1n) is 6.79. The molecule has 1 aromatic rings. The molecule has 18 heavy (non-hydrogen) atoms. The van der Waals surface area contributed by atoms with Gasteiger partial charge in [0.2, 0.25) is 0 Å². The van der Waals surface area contributed by atoms with Crippen molar-refractivity contribution >= 4 is 11.3 Å². The number of nitrogens with two attached hydrogens (primary N) is 1. The van der Waals surface area contributed by atoms with Crippen molar-refractivity contribution in [2.75, 3.05) is 0 Å². The van der Waals surface area contributed by atoms with Crippen LogP contribution in [0.1, 0.15) is 55.6 Å². The van der Waals surface area contributed by atoms with E-state index in [0.717, 1.165) is 23.3 Å². The van der Waals surface area contributed by atoms with Gasteiger partial charge in [-0.05, 0) is 43.2 Å². The number of rotatable bonds is 8. The third kappa shape index (κ3) is 4.92. The average Bonchev–Trinajstić information content (AvgIpc) is 2.78. The van der Waals surface area contributed by atoms with Crippen LogP contribution in [-0.4, -0.2) is 11.1 Å². The molecule has 0 bridgehead atoms. The maximum atomic E-state index is 10.2. The van der Waals surface area contributed by atoms with Crippen molar-refractivity contribution in [2.45, 2.75) is 58.1 Å². The number of aliphatic hydroxyl groups is 1. The molecule has 3 heteroatoms. The van der Waals surface area contributed by atoms with Crippen LogP contribution in [0.4, 0.5) is 0 Å². The summed E-state index contributed by atoms with van der Waals surface area (Å²) < 4.78 is 0. The van der Waals surface area contributed by atoms with Gasteiger partial charge in [-0.3, -0.25) is 0 Å². The number of hydrogen-bond donors (Lipinski definition) is 2. The molecule has 0 aromatic carbocycles. The molecule has 0 saturated carbocycles. The molecule has 0 unspecified atom stereocenters. The molecular formula is C15H25NOS. The summed E-state index contributed by atoms with van der Waals surface area (Å²) >= 11 is 1.58. The normalized spacial score (nSPS) is 15.1. The molecule has 1 heterocycles. The van der Waals surface area contributed by atoms with E-state index in [1.165, 1.54) is 19.3 Å². The molecule has 2 atom stereocenters. The number of aliphatic hydroxyl groups excluding tert-OH is 1. The Bertz CT molecular complexity index is 359. The van der Waals surface area contributed by atoms with Gasteiger partial charge in [-0.2, -0.15) is 0 Å². The van der Waals surface area contributed by atoms with E-state index in [4.69, 9.17) is 5.73 Å². The molecule has 0 aliphatic rings. The second-order valence-electron chi connectivity index (χ2n) is 4.78. The van der Waals surface area contributed by atoms with Crippen molar-refractivity contribution in [1.29, 1.82) is 0 Å². The number of hydrogen-bond acceptors (Lipinski definition) is 3. The van der Waals surface area contributed by atoms with Gasteiger partial charge < -0.3 is 10.8 Å². The lowest BCUT2D eigenvalue weighted by atomic mass is 10.0. The van der Waals surface area contributed by atoms with Gasteiger partial charge in [0.05, 0.1) is 0 Å². The first-order chi connectivity index (χ1) is 8.66. The Morgan fingerprint density at radius 1 is 1.39 bits per heavy atom. The van der Waals surface area contributed by atoms with Crippen LogP contribution in [-0.2, 0) is 0 Å². The van der Waals surface area contributed by atoms with Crippen molar-refractivity contribution in [3.05, 3.63) is 34.0 Å². The number of aryl methyl sites for hydroxylation is 1. The molecule has 0 radical (unpaired) electrons. The predicted octanol–water partition coefficient (Wildman–Crippen LogP) is 3.94. The molecule has 3 N–H and O–H groups in total. The van der Waals surface area contributed by atoms with Crippen LogP contribution in [0, 0.1) is 6.92 Å². The highest BCUT2D eigenvalue weighted by Gasteiger charge is 2.18. The second-order valence-corrected chi connectivity index (χ2v) is 5.73. The van der Waals surface area contributed by atoms with E-state index < -0.39 is 6.10 Å². The number of unbranched alkanes of at least 4 members (excludes halogenated alkanes) is 3. The zero-order valence-electron chi connectivity index (χ0n) is 11.4. The molecule has 0 aliphatic carbocycles. The van der Waals surface area contributed by atoms with Gasteiger partial charge >= 0.3 is 0 Å². The highest BCUT2D eigenvalue weighted by molar-refractivity contribution is 7.10. The predicted molar refractivity (Wildman–Crippen MR) is 79.9 cm³/mol. The Labute approximate surface area is 115 Å². The largest absolute Gasteiger partial charge is 0.386 e. The van der Waals surface area contributed by atoms with Gasteiger partial charge in [0, 0.05) is 10.9 Å². The van der Waals surface area contributed by atoms with Crippen molar-refractivity contribution < 1.29 is 5.11 Å². The van der Waals surface area contributed by atoms with Gasteiger partial charge in [-0.15, -0.1) is 11.3 Å². The highest BCUT2D eigenvalue weighted by atomic mass is 32.1. The maximum Gasteiger partial charge on any atom is 0.104 e. The summed E-state index contributed by atoms with van der Waals surface area (Å²) in [5, 5.41) is 12.2. The van der Waals surface area contributed by atoms with E-state index in [0.29, 0.717) is 0 Å². The fourth-order valence-corrected chi connectivity index (χ4v) is 2.88. The minimum Gasteiger partial charge on any atom is -0.386 e. The standard InChI is InChI=1S/C15H25NOS/c1-3-4-5-6-7-8-9-13(16)14(17)15-12(2)10-11-18-15/h7-8,10-11,13-14,17H,3-6,9,16H2,1-2H3/b8-7-/t13-,14+/m1/s1. The molecule has 2 nitrogen and oxygen atoms in total. The monoisotopic (exact) mass is 267 g/mol. The van der Waals surface area contributed by atoms with Gasteiger partial charge in [-0.25, -0.2) is 0 Å². The molecule has 1 rings (SSSR count). The van der Waals surface area contributed by atoms with Gasteiger partial charge in [0.25, 0.3) is 0 Å². The van der Waals surface area contributed by atoms with E-state index in [1.807, 2.05) is 18.4 Å². The van der Waals surface area contributed by atoms with E-state index in [-0.39, 0.29) is 6.04 Å². The second kappa shape index (κ2) is 8.46. The minimum absolute atomic E-state index is 0.204. The highest BCUT2D eigenvalue weighted by Crippen LogP contribution is 2.26.